The van der Waals surface area contributed by atoms with E-state index in [4.69, 9.17) is 0 Å². The van der Waals surface area contributed by atoms with Crippen LogP contribution in [0.3, 0.4) is 0 Å². The van der Waals surface area contributed by atoms with E-state index in [0.717, 1.165) is 34.2 Å². The number of amides is 2. The van der Waals surface area contributed by atoms with E-state index in [1.807, 2.05) is 107 Å². The van der Waals surface area contributed by atoms with Crippen molar-refractivity contribution in [1.82, 2.24) is 10.2 Å². The van der Waals surface area contributed by atoms with Crippen molar-refractivity contribution >= 4 is 27.5 Å². The molecule has 0 spiro atoms. The summed E-state index contributed by atoms with van der Waals surface area (Å²) in [6.45, 7) is 9.24. The van der Waals surface area contributed by atoms with Gasteiger partial charge in [-0.15, -0.1) is 0 Å². The maximum atomic E-state index is 14.6. The molecule has 0 unspecified atom stereocenters. The minimum Gasteiger partial charge on any atom is -0.352 e. The second-order valence-electron chi connectivity index (χ2n) is 11.6. The number of rotatable bonds is 13. The van der Waals surface area contributed by atoms with Crippen molar-refractivity contribution < 1.29 is 18.0 Å². The summed E-state index contributed by atoms with van der Waals surface area (Å²) in [5.74, 6) is -0.758. The number of carbonyl (C=O) groups excluding carboxylic acids is 2. The summed E-state index contributed by atoms with van der Waals surface area (Å²) >= 11 is 0. The second-order valence-corrected chi connectivity index (χ2v) is 13.5. The third kappa shape index (κ3) is 8.60. The van der Waals surface area contributed by atoms with Gasteiger partial charge in [-0.2, -0.15) is 0 Å². The van der Waals surface area contributed by atoms with E-state index in [1.165, 1.54) is 9.21 Å². The topological polar surface area (TPSA) is 86.8 Å². The highest BCUT2D eigenvalue weighted by atomic mass is 32.2. The third-order valence-electron chi connectivity index (χ3n) is 7.98. The van der Waals surface area contributed by atoms with Crippen LogP contribution in [-0.4, -0.2) is 43.8 Å². The molecule has 8 heteroatoms. The van der Waals surface area contributed by atoms with Crippen molar-refractivity contribution in [2.75, 3.05) is 10.8 Å². The summed E-state index contributed by atoms with van der Waals surface area (Å²) in [4.78, 5) is 30.1. The number of benzene rings is 4. The average Bonchev–Trinajstić information content (AvgIpc) is 3.02. The Morgan fingerprint density at radius 1 is 0.778 bits per heavy atom. The van der Waals surface area contributed by atoms with E-state index in [9.17, 15) is 18.0 Å². The van der Waals surface area contributed by atoms with Crippen LogP contribution in [-0.2, 0) is 32.6 Å². The zero-order valence-electron chi connectivity index (χ0n) is 26.7. The first kappa shape index (κ1) is 33.5. The molecule has 0 saturated carbocycles. The molecule has 0 aliphatic rings. The van der Waals surface area contributed by atoms with Gasteiger partial charge in [-0.25, -0.2) is 8.42 Å². The lowest BCUT2D eigenvalue weighted by Crippen LogP contribution is -2.54. The molecule has 2 atom stereocenters. The van der Waals surface area contributed by atoms with Crippen molar-refractivity contribution in [1.29, 1.82) is 0 Å². The Hall–Kier alpha value is -4.43. The first-order valence-corrected chi connectivity index (χ1v) is 16.8. The van der Waals surface area contributed by atoms with Gasteiger partial charge in [0, 0.05) is 19.0 Å². The van der Waals surface area contributed by atoms with Gasteiger partial charge in [-0.1, -0.05) is 103 Å². The van der Waals surface area contributed by atoms with Gasteiger partial charge in [-0.05, 0) is 69.0 Å². The second kappa shape index (κ2) is 15.0. The van der Waals surface area contributed by atoms with Crippen LogP contribution in [0, 0.1) is 20.8 Å². The molecule has 1 N–H and O–H groups in total. The van der Waals surface area contributed by atoms with Crippen molar-refractivity contribution in [2.24, 2.45) is 0 Å². The van der Waals surface area contributed by atoms with Crippen LogP contribution >= 0.6 is 0 Å². The monoisotopic (exact) mass is 625 g/mol. The van der Waals surface area contributed by atoms with Crippen molar-refractivity contribution in [3.8, 4) is 0 Å². The van der Waals surface area contributed by atoms with E-state index in [0.29, 0.717) is 5.69 Å². The van der Waals surface area contributed by atoms with E-state index >= 15 is 0 Å². The molecule has 7 nitrogen and oxygen atoms in total. The lowest BCUT2D eigenvalue weighted by Gasteiger charge is -2.34. The largest absolute Gasteiger partial charge is 0.352 e. The lowest BCUT2D eigenvalue weighted by atomic mass is 10.0. The van der Waals surface area contributed by atoms with Crippen molar-refractivity contribution in [3.05, 3.63) is 131 Å². The van der Waals surface area contributed by atoms with E-state index in [2.05, 4.69) is 5.32 Å². The predicted molar refractivity (Wildman–Crippen MR) is 180 cm³/mol. The van der Waals surface area contributed by atoms with Crippen LogP contribution in [0.25, 0.3) is 0 Å². The van der Waals surface area contributed by atoms with E-state index in [1.54, 1.807) is 30.3 Å². The van der Waals surface area contributed by atoms with Crippen molar-refractivity contribution in [3.63, 3.8) is 0 Å². The minimum absolute atomic E-state index is 0.0887. The number of sulfonamides is 1. The van der Waals surface area contributed by atoms with Gasteiger partial charge in [-0.3, -0.25) is 13.9 Å². The zero-order valence-corrected chi connectivity index (χ0v) is 27.6. The van der Waals surface area contributed by atoms with Crippen LogP contribution in [0.2, 0.25) is 0 Å². The Bertz CT molecular complexity index is 1690. The summed E-state index contributed by atoms with van der Waals surface area (Å²) in [5.41, 5.74) is 4.77. The zero-order chi connectivity index (χ0) is 32.6. The van der Waals surface area contributed by atoms with Crippen LogP contribution < -0.4 is 9.62 Å². The highest BCUT2D eigenvalue weighted by Gasteiger charge is 2.35. The first-order valence-electron chi connectivity index (χ1n) is 15.3. The summed E-state index contributed by atoms with van der Waals surface area (Å²) in [7, 11) is -4.15. The fraction of sp³-hybridized carbons (Fsp3) is 0.297. The number of hydrogen-bond acceptors (Lipinski definition) is 4. The predicted octanol–water partition coefficient (Wildman–Crippen LogP) is 6.36. The SMILES string of the molecule is CC[C@H](C)NC(=O)[C@@H](Cc1ccccc1)N(Cc1ccccc1)C(=O)CN(c1ccc(C)cc1C)S(=O)(=O)c1ccc(C)cc1. The molecule has 0 aromatic heterocycles. The maximum absolute atomic E-state index is 14.6. The number of hydrogen-bond donors (Lipinski definition) is 1. The van der Waals surface area contributed by atoms with E-state index in [-0.39, 0.29) is 29.8 Å². The number of nitrogens with one attached hydrogen (secondary N) is 1. The van der Waals surface area contributed by atoms with Gasteiger partial charge in [0.05, 0.1) is 10.6 Å². The van der Waals surface area contributed by atoms with Gasteiger partial charge in [0.2, 0.25) is 11.8 Å². The molecular formula is C37H43N3O4S. The minimum atomic E-state index is -4.15. The van der Waals surface area contributed by atoms with Gasteiger partial charge in [0.15, 0.2) is 0 Å². The Kier molecular flexibility index (Phi) is 11.2. The molecular weight excluding hydrogens is 582 g/mol. The molecule has 2 amide bonds. The van der Waals surface area contributed by atoms with Crippen LogP contribution in [0.5, 0.6) is 0 Å². The summed E-state index contributed by atoms with van der Waals surface area (Å²) < 4.78 is 29.7. The first-order chi connectivity index (χ1) is 21.5. The van der Waals surface area contributed by atoms with Crippen LogP contribution in [0.4, 0.5) is 5.69 Å². The quantitative estimate of drug-likeness (QED) is 0.187. The smallest absolute Gasteiger partial charge is 0.264 e. The maximum Gasteiger partial charge on any atom is 0.264 e. The molecule has 4 aromatic rings. The van der Waals surface area contributed by atoms with E-state index < -0.39 is 28.5 Å². The Morgan fingerprint density at radius 3 is 1.93 bits per heavy atom. The highest BCUT2D eigenvalue weighted by Crippen LogP contribution is 2.29. The average molecular weight is 626 g/mol. The molecule has 4 rings (SSSR count). The van der Waals surface area contributed by atoms with Crippen molar-refractivity contribution in [2.45, 2.75) is 71.0 Å². The number of carbonyl (C=O) groups is 2. The number of nitrogens with zero attached hydrogens (tertiary/aromatic N) is 2. The molecule has 236 valence electrons. The molecule has 0 fully saturated rings. The number of aryl methyl sites for hydroxylation is 3. The summed E-state index contributed by atoms with van der Waals surface area (Å²) in [6, 6.07) is 30.1. The molecule has 0 aliphatic heterocycles. The van der Waals surface area contributed by atoms with Crippen LogP contribution in [0.1, 0.15) is 48.1 Å². The Labute approximate surface area is 268 Å². The standard InChI is InChI=1S/C37H43N3O4S/c1-6-30(5)38-37(42)35(24-31-13-9-7-10-14-31)39(25-32-15-11-8-12-16-32)36(41)26-40(34-22-19-28(3)23-29(34)4)45(43,44)33-20-17-27(2)18-21-33/h7-23,30,35H,6,24-26H2,1-5H3,(H,38,42)/t30-,35+/m0/s1. The lowest BCUT2D eigenvalue weighted by molar-refractivity contribution is -0.140. The Balaban J connectivity index is 1.82. The van der Waals surface area contributed by atoms with Gasteiger partial charge in [0.25, 0.3) is 10.0 Å². The summed E-state index contributed by atoms with van der Waals surface area (Å²) in [5, 5.41) is 3.07. The molecule has 4 aromatic carbocycles. The molecule has 45 heavy (non-hydrogen) atoms. The normalized spacial score (nSPS) is 12.6. The molecule has 0 heterocycles. The molecule has 0 saturated heterocycles. The molecule has 0 radical (unpaired) electrons. The van der Waals surface area contributed by atoms with Gasteiger partial charge < -0.3 is 10.2 Å². The summed E-state index contributed by atoms with van der Waals surface area (Å²) in [6.07, 6.45) is 1.00. The molecule has 0 aliphatic carbocycles. The fourth-order valence-corrected chi connectivity index (χ4v) is 6.69. The third-order valence-corrected chi connectivity index (χ3v) is 9.75. The van der Waals surface area contributed by atoms with Gasteiger partial charge in [0.1, 0.15) is 12.6 Å². The highest BCUT2D eigenvalue weighted by molar-refractivity contribution is 7.92. The van der Waals surface area contributed by atoms with Gasteiger partial charge >= 0.3 is 0 Å². The number of anilines is 1. The molecule has 0 bridgehead atoms. The Morgan fingerprint density at radius 2 is 1.36 bits per heavy atom. The fourth-order valence-electron chi connectivity index (χ4n) is 5.21. The van der Waals surface area contributed by atoms with Crippen LogP contribution in [0.15, 0.2) is 108 Å².